The van der Waals surface area contributed by atoms with Crippen molar-refractivity contribution in [2.24, 2.45) is 5.92 Å². The molecule has 0 aromatic heterocycles. The van der Waals surface area contributed by atoms with Gasteiger partial charge in [-0.1, -0.05) is 20.3 Å². The summed E-state index contributed by atoms with van der Waals surface area (Å²) in [5.41, 5.74) is 1.05. The van der Waals surface area contributed by atoms with E-state index in [0.29, 0.717) is 17.7 Å². The van der Waals surface area contributed by atoms with Crippen molar-refractivity contribution in [3.8, 4) is 5.75 Å². The Morgan fingerprint density at radius 1 is 1.26 bits per heavy atom. The molecule has 0 amide bonds. The lowest BCUT2D eigenvalue weighted by atomic mass is 10.0. The van der Waals surface area contributed by atoms with E-state index in [1.54, 1.807) is 0 Å². The van der Waals surface area contributed by atoms with Crippen LogP contribution in [0.5, 0.6) is 5.75 Å². The lowest BCUT2D eigenvalue weighted by Gasteiger charge is -2.21. The molecule has 0 fully saturated rings. The van der Waals surface area contributed by atoms with Crippen LogP contribution in [0.15, 0.2) is 24.3 Å². The van der Waals surface area contributed by atoms with Gasteiger partial charge in [0.1, 0.15) is 5.75 Å². The highest BCUT2D eigenvalue weighted by molar-refractivity contribution is 5.70. The molecule has 0 aliphatic heterocycles. The first-order valence-electron chi connectivity index (χ1n) is 6.63. The lowest BCUT2D eigenvalue weighted by molar-refractivity contribution is -0.142. The summed E-state index contributed by atoms with van der Waals surface area (Å²) < 4.78 is 9.80. The molecule has 1 aromatic rings. The van der Waals surface area contributed by atoms with E-state index in [1.807, 2.05) is 24.3 Å². The Kier molecular flexibility index (Phi) is 6.19. The Morgan fingerprint density at radius 3 is 2.42 bits per heavy atom. The second-order valence-corrected chi connectivity index (χ2v) is 4.71. The van der Waals surface area contributed by atoms with E-state index in [-0.39, 0.29) is 12.6 Å². The standard InChI is InChI=1S/C15H23NO3/c1-5-11(2)12(3)16-13-6-8-14(9-7-13)19-10-15(17)18-4/h6-9,11-12,16H,5,10H2,1-4H3. The van der Waals surface area contributed by atoms with E-state index < -0.39 is 0 Å². The van der Waals surface area contributed by atoms with Gasteiger partial charge in [-0.2, -0.15) is 0 Å². The molecule has 0 bridgehead atoms. The number of nitrogens with one attached hydrogen (secondary N) is 1. The van der Waals surface area contributed by atoms with Crippen LogP contribution in [0.4, 0.5) is 5.69 Å². The van der Waals surface area contributed by atoms with Crippen LogP contribution in [0.1, 0.15) is 27.2 Å². The van der Waals surface area contributed by atoms with E-state index in [2.05, 4.69) is 30.8 Å². The number of methoxy groups -OCH3 is 1. The quantitative estimate of drug-likeness (QED) is 0.770. The molecule has 0 spiro atoms. The van der Waals surface area contributed by atoms with Gasteiger partial charge in [0.2, 0.25) is 0 Å². The van der Waals surface area contributed by atoms with Gasteiger partial charge in [0, 0.05) is 11.7 Å². The van der Waals surface area contributed by atoms with Gasteiger partial charge in [0.15, 0.2) is 6.61 Å². The van der Waals surface area contributed by atoms with Crippen molar-refractivity contribution in [2.45, 2.75) is 33.2 Å². The monoisotopic (exact) mass is 265 g/mol. The van der Waals surface area contributed by atoms with Gasteiger partial charge >= 0.3 is 5.97 Å². The average Bonchev–Trinajstić information content (AvgIpc) is 2.45. The van der Waals surface area contributed by atoms with E-state index >= 15 is 0 Å². The van der Waals surface area contributed by atoms with Crippen LogP contribution in [0.25, 0.3) is 0 Å². The Bertz CT molecular complexity index is 389. The maximum absolute atomic E-state index is 10.9. The summed E-state index contributed by atoms with van der Waals surface area (Å²) >= 11 is 0. The first-order valence-corrected chi connectivity index (χ1v) is 6.63. The van der Waals surface area contributed by atoms with Crippen molar-refractivity contribution in [2.75, 3.05) is 19.0 Å². The number of carbonyl (C=O) groups excluding carboxylic acids is 1. The van der Waals surface area contributed by atoms with Gasteiger partial charge in [-0.15, -0.1) is 0 Å². The average molecular weight is 265 g/mol. The fraction of sp³-hybridized carbons (Fsp3) is 0.533. The number of ether oxygens (including phenoxy) is 2. The van der Waals surface area contributed by atoms with Crippen molar-refractivity contribution in [3.05, 3.63) is 24.3 Å². The molecule has 4 heteroatoms. The summed E-state index contributed by atoms with van der Waals surface area (Å²) in [6, 6.07) is 8.01. The van der Waals surface area contributed by atoms with E-state index in [0.717, 1.165) is 12.1 Å². The molecule has 0 radical (unpaired) electrons. The lowest BCUT2D eigenvalue weighted by Crippen LogP contribution is -2.23. The van der Waals surface area contributed by atoms with E-state index in [4.69, 9.17) is 4.74 Å². The minimum Gasteiger partial charge on any atom is -0.482 e. The molecule has 2 atom stereocenters. The maximum atomic E-state index is 10.9. The predicted molar refractivity (Wildman–Crippen MR) is 76.5 cm³/mol. The highest BCUT2D eigenvalue weighted by Gasteiger charge is 2.09. The number of rotatable bonds is 7. The zero-order valence-corrected chi connectivity index (χ0v) is 12.1. The summed E-state index contributed by atoms with van der Waals surface area (Å²) in [4.78, 5) is 10.9. The van der Waals surface area contributed by atoms with Gasteiger partial charge in [-0.3, -0.25) is 0 Å². The van der Waals surface area contributed by atoms with Crippen LogP contribution in [0.3, 0.4) is 0 Å². The number of esters is 1. The molecule has 1 aromatic carbocycles. The zero-order chi connectivity index (χ0) is 14.3. The zero-order valence-electron chi connectivity index (χ0n) is 12.1. The highest BCUT2D eigenvalue weighted by Crippen LogP contribution is 2.18. The van der Waals surface area contributed by atoms with Crippen molar-refractivity contribution in [1.82, 2.24) is 0 Å². The maximum Gasteiger partial charge on any atom is 0.343 e. The van der Waals surface area contributed by atoms with Gasteiger partial charge in [0.05, 0.1) is 7.11 Å². The summed E-state index contributed by atoms with van der Waals surface area (Å²) in [6.45, 7) is 6.53. The topological polar surface area (TPSA) is 47.6 Å². The van der Waals surface area contributed by atoms with Gasteiger partial charge < -0.3 is 14.8 Å². The Balaban J connectivity index is 2.49. The van der Waals surface area contributed by atoms with Crippen LogP contribution in [-0.2, 0) is 9.53 Å². The fourth-order valence-electron chi connectivity index (χ4n) is 1.61. The molecule has 1 N–H and O–H groups in total. The Labute approximate surface area is 115 Å². The summed E-state index contributed by atoms with van der Waals surface area (Å²) in [5, 5.41) is 3.45. The molecule has 0 saturated heterocycles. The van der Waals surface area contributed by atoms with E-state index in [9.17, 15) is 4.79 Å². The Morgan fingerprint density at radius 2 is 1.89 bits per heavy atom. The predicted octanol–water partition coefficient (Wildman–Crippen LogP) is 3.08. The number of benzene rings is 1. The van der Waals surface area contributed by atoms with Crippen molar-refractivity contribution in [3.63, 3.8) is 0 Å². The highest BCUT2D eigenvalue weighted by atomic mass is 16.6. The summed E-state index contributed by atoms with van der Waals surface area (Å²) in [7, 11) is 1.34. The van der Waals surface area contributed by atoms with Crippen LogP contribution in [0, 0.1) is 5.92 Å². The van der Waals surface area contributed by atoms with Crippen molar-refractivity contribution < 1.29 is 14.3 Å². The molecular formula is C15H23NO3. The third-order valence-electron chi connectivity index (χ3n) is 3.33. The van der Waals surface area contributed by atoms with Gasteiger partial charge in [-0.05, 0) is 37.1 Å². The molecule has 0 saturated carbocycles. The van der Waals surface area contributed by atoms with Crippen molar-refractivity contribution >= 4 is 11.7 Å². The second kappa shape index (κ2) is 7.67. The molecule has 0 heterocycles. The van der Waals surface area contributed by atoms with Crippen LogP contribution < -0.4 is 10.1 Å². The SMILES string of the molecule is CCC(C)C(C)Nc1ccc(OCC(=O)OC)cc1. The molecule has 0 aliphatic rings. The van der Waals surface area contributed by atoms with Crippen LogP contribution in [0.2, 0.25) is 0 Å². The molecule has 2 unspecified atom stereocenters. The third kappa shape index (κ3) is 5.20. The summed E-state index contributed by atoms with van der Waals surface area (Å²) in [6.07, 6.45) is 1.15. The smallest absolute Gasteiger partial charge is 0.343 e. The number of anilines is 1. The number of carbonyl (C=O) groups is 1. The third-order valence-corrected chi connectivity index (χ3v) is 3.33. The van der Waals surface area contributed by atoms with Crippen LogP contribution >= 0.6 is 0 Å². The fourth-order valence-corrected chi connectivity index (χ4v) is 1.61. The van der Waals surface area contributed by atoms with E-state index in [1.165, 1.54) is 7.11 Å². The van der Waals surface area contributed by atoms with Gasteiger partial charge in [0.25, 0.3) is 0 Å². The molecule has 0 aliphatic carbocycles. The molecule has 19 heavy (non-hydrogen) atoms. The normalized spacial score (nSPS) is 13.5. The summed E-state index contributed by atoms with van der Waals surface area (Å²) in [5.74, 6) is 0.898. The van der Waals surface area contributed by atoms with Crippen LogP contribution in [-0.4, -0.2) is 25.7 Å². The minimum atomic E-state index is -0.382. The van der Waals surface area contributed by atoms with Gasteiger partial charge in [-0.25, -0.2) is 4.79 Å². The molecular weight excluding hydrogens is 242 g/mol. The minimum absolute atomic E-state index is 0.0629. The molecule has 4 nitrogen and oxygen atoms in total. The first kappa shape index (κ1) is 15.3. The largest absolute Gasteiger partial charge is 0.482 e. The molecule has 1 rings (SSSR count). The number of hydrogen-bond donors (Lipinski definition) is 1. The Hall–Kier alpha value is -1.71. The number of hydrogen-bond acceptors (Lipinski definition) is 4. The van der Waals surface area contributed by atoms with Crippen molar-refractivity contribution in [1.29, 1.82) is 0 Å². The first-order chi connectivity index (χ1) is 9.06. The second-order valence-electron chi connectivity index (χ2n) is 4.71. The molecule has 106 valence electrons.